The predicted molar refractivity (Wildman–Crippen MR) is 73.8 cm³/mol. The summed E-state index contributed by atoms with van der Waals surface area (Å²) in [5.74, 6) is 1.32. The molecular formula is C13H23N5O2. The first-order valence-corrected chi connectivity index (χ1v) is 7.07. The van der Waals surface area contributed by atoms with Crippen LogP contribution in [0.1, 0.15) is 19.7 Å². The molecule has 0 atom stereocenters. The van der Waals surface area contributed by atoms with E-state index >= 15 is 0 Å². The van der Waals surface area contributed by atoms with Gasteiger partial charge in [-0.1, -0.05) is 13.8 Å². The highest BCUT2D eigenvalue weighted by molar-refractivity contribution is 5.77. The Labute approximate surface area is 119 Å². The molecule has 1 aromatic heterocycles. The second kappa shape index (κ2) is 6.81. The molecule has 0 aliphatic carbocycles. The van der Waals surface area contributed by atoms with E-state index in [1.165, 1.54) is 0 Å². The molecule has 1 fully saturated rings. The van der Waals surface area contributed by atoms with E-state index in [4.69, 9.17) is 5.11 Å². The van der Waals surface area contributed by atoms with E-state index in [9.17, 15) is 4.79 Å². The molecular weight excluding hydrogens is 258 g/mol. The molecule has 1 amide bonds. The molecule has 2 heterocycles. The molecule has 0 radical (unpaired) electrons. The Morgan fingerprint density at radius 1 is 1.35 bits per heavy atom. The Morgan fingerprint density at radius 3 is 2.65 bits per heavy atom. The van der Waals surface area contributed by atoms with Gasteiger partial charge < -0.3 is 10.0 Å². The van der Waals surface area contributed by atoms with Crippen LogP contribution in [-0.4, -0.2) is 68.4 Å². The Morgan fingerprint density at radius 2 is 2.05 bits per heavy atom. The maximum Gasteiger partial charge on any atom is 0.248 e. The topological polar surface area (TPSA) is 74.5 Å². The highest BCUT2D eigenvalue weighted by atomic mass is 16.3. The van der Waals surface area contributed by atoms with Gasteiger partial charge in [0.15, 0.2) is 0 Å². The molecule has 2 rings (SSSR count). The third-order valence-electron chi connectivity index (χ3n) is 3.46. The van der Waals surface area contributed by atoms with Gasteiger partial charge in [0.25, 0.3) is 0 Å². The molecule has 7 heteroatoms. The molecule has 1 saturated heterocycles. The number of hydrogen-bond acceptors (Lipinski definition) is 5. The van der Waals surface area contributed by atoms with Crippen molar-refractivity contribution in [2.24, 2.45) is 5.92 Å². The number of carbonyl (C=O) groups excluding carboxylic acids is 1. The van der Waals surface area contributed by atoms with Crippen LogP contribution in [0.3, 0.4) is 0 Å². The van der Waals surface area contributed by atoms with E-state index in [0.29, 0.717) is 19.0 Å². The van der Waals surface area contributed by atoms with Gasteiger partial charge in [-0.05, 0) is 5.92 Å². The summed E-state index contributed by atoms with van der Waals surface area (Å²) in [6, 6.07) is 0. The normalized spacial score (nSPS) is 16.9. The molecule has 1 aromatic rings. The van der Waals surface area contributed by atoms with Crippen molar-refractivity contribution in [1.82, 2.24) is 24.6 Å². The Hall–Kier alpha value is -1.47. The van der Waals surface area contributed by atoms with Crippen LogP contribution >= 0.6 is 0 Å². The van der Waals surface area contributed by atoms with Gasteiger partial charge in [-0.15, -0.1) is 0 Å². The van der Waals surface area contributed by atoms with E-state index in [0.717, 1.165) is 32.0 Å². The minimum atomic E-state index is -0.400. The first-order valence-electron chi connectivity index (χ1n) is 7.07. The summed E-state index contributed by atoms with van der Waals surface area (Å²) in [7, 11) is 0. The summed E-state index contributed by atoms with van der Waals surface area (Å²) in [5.41, 5.74) is 0. The zero-order valence-electron chi connectivity index (χ0n) is 12.2. The SMILES string of the molecule is CC(C)Cn1ncnc1CN1CCN(C(=O)CO)CC1. The van der Waals surface area contributed by atoms with Gasteiger partial charge in [-0.3, -0.25) is 9.69 Å². The van der Waals surface area contributed by atoms with Crippen molar-refractivity contribution in [1.29, 1.82) is 0 Å². The van der Waals surface area contributed by atoms with E-state index < -0.39 is 6.61 Å². The zero-order valence-corrected chi connectivity index (χ0v) is 12.2. The van der Waals surface area contributed by atoms with E-state index in [1.807, 2.05) is 4.68 Å². The predicted octanol–water partition coefficient (Wildman–Crippen LogP) is -0.429. The first-order chi connectivity index (χ1) is 9.60. The number of aliphatic hydroxyl groups excluding tert-OH is 1. The Balaban J connectivity index is 1.86. The highest BCUT2D eigenvalue weighted by Crippen LogP contribution is 2.08. The summed E-state index contributed by atoms with van der Waals surface area (Å²) < 4.78 is 1.95. The van der Waals surface area contributed by atoms with Gasteiger partial charge in [0, 0.05) is 32.7 Å². The number of aromatic nitrogens is 3. The number of aliphatic hydroxyl groups is 1. The molecule has 0 bridgehead atoms. The van der Waals surface area contributed by atoms with Crippen LogP contribution in [0.2, 0.25) is 0 Å². The molecule has 0 spiro atoms. The second-order valence-corrected chi connectivity index (χ2v) is 5.57. The maximum absolute atomic E-state index is 11.4. The Bertz CT molecular complexity index is 438. The first kappa shape index (κ1) is 14.9. The van der Waals surface area contributed by atoms with Gasteiger partial charge in [-0.2, -0.15) is 5.10 Å². The lowest BCUT2D eigenvalue weighted by atomic mass is 10.2. The van der Waals surface area contributed by atoms with Gasteiger partial charge >= 0.3 is 0 Å². The van der Waals surface area contributed by atoms with Crippen molar-refractivity contribution < 1.29 is 9.90 Å². The number of rotatable bonds is 5. The third-order valence-corrected chi connectivity index (χ3v) is 3.46. The number of carbonyl (C=O) groups is 1. The molecule has 1 aliphatic rings. The van der Waals surface area contributed by atoms with Gasteiger partial charge in [0.2, 0.25) is 5.91 Å². The summed E-state index contributed by atoms with van der Waals surface area (Å²) in [5, 5.41) is 13.1. The fourth-order valence-corrected chi connectivity index (χ4v) is 2.36. The molecule has 1 N–H and O–H groups in total. The van der Waals surface area contributed by atoms with Gasteiger partial charge in [-0.25, -0.2) is 9.67 Å². The molecule has 20 heavy (non-hydrogen) atoms. The standard InChI is InChI=1S/C13H23N5O2/c1-11(2)7-18-12(14-10-15-18)8-16-3-5-17(6-4-16)13(20)9-19/h10-11,19H,3-9H2,1-2H3. The van der Waals surface area contributed by atoms with Crippen molar-refractivity contribution in [3.05, 3.63) is 12.2 Å². The molecule has 0 aromatic carbocycles. The number of hydrogen-bond donors (Lipinski definition) is 1. The second-order valence-electron chi connectivity index (χ2n) is 5.57. The fourth-order valence-electron chi connectivity index (χ4n) is 2.36. The lowest BCUT2D eigenvalue weighted by molar-refractivity contribution is -0.136. The van der Waals surface area contributed by atoms with Crippen LogP contribution in [-0.2, 0) is 17.9 Å². The van der Waals surface area contributed by atoms with Crippen LogP contribution < -0.4 is 0 Å². The van der Waals surface area contributed by atoms with Crippen LogP contribution in [0, 0.1) is 5.92 Å². The Kier molecular flexibility index (Phi) is 5.08. The quantitative estimate of drug-likeness (QED) is 0.793. The average Bonchev–Trinajstić information content (AvgIpc) is 2.85. The fraction of sp³-hybridized carbons (Fsp3) is 0.769. The summed E-state index contributed by atoms with van der Waals surface area (Å²) in [4.78, 5) is 19.7. The van der Waals surface area contributed by atoms with E-state index in [2.05, 4.69) is 28.8 Å². The van der Waals surface area contributed by atoms with E-state index in [1.54, 1.807) is 11.2 Å². The number of amides is 1. The zero-order chi connectivity index (χ0) is 14.5. The van der Waals surface area contributed by atoms with Crippen LogP contribution in [0.25, 0.3) is 0 Å². The number of piperazine rings is 1. The number of nitrogens with zero attached hydrogens (tertiary/aromatic N) is 5. The summed E-state index contributed by atoms with van der Waals surface area (Å²) in [6.07, 6.45) is 1.60. The lowest BCUT2D eigenvalue weighted by Gasteiger charge is -2.34. The third kappa shape index (κ3) is 3.77. The van der Waals surface area contributed by atoms with Crippen LogP contribution in [0.5, 0.6) is 0 Å². The van der Waals surface area contributed by atoms with Crippen molar-refractivity contribution in [3.63, 3.8) is 0 Å². The highest BCUT2D eigenvalue weighted by Gasteiger charge is 2.21. The minimum Gasteiger partial charge on any atom is -0.387 e. The summed E-state index contributed by atoms with van der Waals surface area (Å²) >= 11 is 0. The lowest BCUT2D eigenvalue weighted by Crippen LogP contribution is -2.49. The molecule has 0 unspecified atom stereocenters. The maximum atomic E-state index is 11.4. The monoisotopic (exact) mass is 281 g/mol. The van der Waals surface area contributed by atoms with Crippen LogP contribution in [0.15, 0.2) is 6.33 Å². The largest absolute Gasteiger partial charge is 0.387 e. The van der Waals surface area contributed by atoms with Crippen molar-refractivity contribution >= 4 is 5.91 Å². The molecule has 7 nitrogen and oxygen atoms in total. The van der Waals surface area contributed by atoms with Crippen LogP contribution in [0.4, 0.5) is 0 Å². The molecule has 112 valence electrons. The smallest absolute Gasteiger partial charge is 0.248 e. The van der Waals surface area contributed by atoms with Crippen molar-refractivity contribution in [2.75, 3.05) is 32.8 Å². The van der Waals surface area contributed by atoms with Gasteiger partial charge in [0.05, 0.1) is 6.54 Å². The minimum absolute atomic E-state index is 0.187. The van der Waals surface area contributed by atoms with Crippen molar-refractivity contribution in [2.45, 2.75) is 26.9 Å². The average molecular weight is 281 g/mol. The van der Waals surface area contributed by atoms with Crippen molar-refractivity contribution in [3.8, 4) is 0 Å². The van der Waals surface area contributed by atoms with E-state index in [-0.39, 0.29) is 5.91 Å². The molecule has 0 saturated carbocycles. The summed E-state index contributed by atoms with van der Waals surface area (Å²) in [6.45, 7) is 8.49. The van der Waals surface area contributed by atoms with Gasteiger partial charge in [0.1, 0.15) is 18.8 Å². The molecule has 1 aliphatic heterocycles.